The summed E-state index contributed by atoms with van der Waals surface area (Å²) in [5.41, 5.74) is 0.633. The molecule has 0 N–H and O–H groups in total. The summed E-state index contributed by atoms with van der Waals surface area (Å²) in [7, 11) is 0. The Balaban J connectivity index is 1.56. The van der Waals surface area contributed by atoms with Crippen LogP contribution in [-0.2, 0) is 0 Å². The minimum Gasteiger partial charge on any atom is -0.490 e. The number of hydrogen-bond donors (Lipinski definition) is 0. The highest BCUT2D eigenvalue weighted by atomic mass is 16.5. The molecule has 0 bridgehead atoms. The van der Waals surface area contributed by atoms with E-state index in [0.29, 0.717) is 24.5 Å². The van der Waals surface area contributed by atoms with Crippen molar-refractivity contribution < 1.29 is 14.3 Å². The van der Waals surface area contributed by atoms with Gasteiger partial charge >= 0.3 is 0 Å². The second kappa shape index (κ2) is 7.68. The number of likely N-dealkylation sites (tertiary alicyclic amines) is 1. The maximum atomic E-state index is 12.5. The number of hydrogen-bond acceptors (Lipinski definition) is 3. The number of rotatable bonds is 6. The molecule has 3 rings (SSSR count). The number of benzene rings is 2. The van der Waals surface area contributed by atoms with Gasteiger partial charge < -0.3 is 14.4 Å². The van der Waals surface area contributed by atoms with Crippen LogP contribution in [0.3, 0.4) is 0 Å². The summed E-state index contributed by atoms with van der Waals surface area (Å²) in [5, 5.41) is 0. The molecule has 23 heavy (non-hydrogen) atoms. The van der Waals surface area contributed by atoms with Crippen molar-refractivity contribution in [3.8, 4) is 11.5 Å². The van der Waals surface area contributed by atoms with Crippen LogP contribution in [0.25, 0.3) is 0 Å². The standard InChI is InChI=1S/C19H21NO3/c21-19(20-12-6-7-13-20)17-10-4-5-11-18(17)23-15-14-22-16-8-2-1-3-9-16/h1-5,8-11H,6-7,12-15H2. The summed E-state index contributed by atoms with van der Waals surface area (Å²) in [6.45, 7) is 2.52. The van der Waals surface area contributed by atoms with Gasteiger partial charge in [0.25, 0.3) is 5.91 Å². The van der Waals surface area contributed by atoms with Gasteiger partial charge in [-0.2, -0.15) is 0 Å². The van der Waals surface area contributed by atoms with Gasteiger partial charge in [-0.15, -0.1) is 0 Å². The Morgan fingerprint density at radius 1 is 0.870 bits per heavy atom. The first-order valence-corrected chi connectivity index (χ1v) is 8.03. The molecule has 2 aromatic rings. The van der Waals surface area contributed by atoms with Crippen LogP contribution in [0, 0.1) is 0 Å². The van der Waals surface area contributed by atoms with Gasteiger partial charge in [-0.3, -0.25) is 4.79 Å². The number of carbonyl (C=O) groups excluding carboxylic acids is 1. The van der Waals surface area contributed by atoms with Crippen molar-refractivity contribution in [2.24, 2.45) is 0 Å². The van der Waals surface area contributed by atoms with Gasteiger partial charge in [0, 0.05) is 13.1 Å². The highest BCUT2D eigenvalue weighted by molar-refractivity contribution is 5.97. The molecule has 1 amide bonds. The molecule has 0 aromatic heterocycles. The Labute approximate surface area is 136 Å². The predicted molar refractivity (Wildman–Crippen MR) is 89.0 cm³/mol. The normalized spacial score (nSPS) is 13.8. The zero-order chi connectivity index (χ0) is 15.9. The topological polar surface area (TPSA) is 38.8 Å². The maximum Gasteiger partial charge on any atom is 0.257 e. The van der Waals surface area contributed by atoms with Crippen molar-refractivity contribution in [1.82, 2.24) is 4.90 Å². The number of nitrogens with zero attached hydrogens (tertiary/aromatic N) is 1. The monoisotopic (exact) mass is 311 g/mol. The van der Waals surface area contributed by atoms with Crippen LogP contribution >= 0.6 is 0 Å². The van der Waals surface area contributed by atoms with Crippen molar-refractivity contribution in [1.29, 1.82) is 0 Å². The van der Waals surface area contributed by atoms with E-state index in [9.17, 15) is 4.79 Å². The highest BCUT2D eigenvalue weighted by Gasteiger charge is 2.22. The van der Waals surface area contributed by atoms with E-state index in [1.165, 1.54) is 0 Å². The van der Waals surface area contributed by atoms with Gasteiger partial charge in [0.05, 0.1) is 5.56 Å². The summed E-state index contributed by atoms with van der Waals surface area (Å²) < 4.78 is 11.4. The Hall–Kier alpha value is -2.49. The van der Waals surface area contributed by atoms with Gasteiger partial charge in [-0.25, -0.2) is 0 Å². The third kappa shape index (κ3) is 4.03. The third-order valence-corrected chi connectivity index (χ3v) is 3.86. The predicted octanol–water partition coefficient (Wildman–Crippen LogP) is 3.38. The molecule has 0 unspecified atom stereocenters. The molecular formula is C19H21NO3. The van der Waals surface area contributed by atoms with E-state index >= 15 is 0 Å². The largest absolute Gasteiger partial charge is 0.490 e. The minimum absolute atomic E-state index is 0.0575. The van der Waals surface area contributed by atoms with Crippen molar-refractivity contribution in [3.63, 3.8) is 0 Å². The van der Waals surface area contributed by atoms with Crippen LogP contribution in [0.15, 0.2) is 54.6 Å². The fraction of sp³-hybridized carbons (Fsp3) is 0.316. The maximum absolute atomic E-state index is 12.5. The van der Waals surface area contributed by atoms with Crippen LogP contribution in [0.1, 0.15) is 23.2 Å². The van der Waals surface area contributed by atoms with E-state index in [0.717, 1.165) is 31.7 Å². The van der Waals surface area contributed by atoms with Gasteiger partial charge in [-0.05, 0) is 37.1 Å². The van der Waals surface area contributed by atoms with Crippen molar-refractivity contribution in [2.75, 3.05) is 26.3 Å². The molecule has 120 valence electrons. The van der Waals surface area contributed by atoms with E-state index in [2.05, 4.69) is 0 Å². The van der Waals surface area contributed by atoms with Crippen molar-refractivity contribution in [3.05, 3.63) is 60.2 Å². The van der Waals surface area contributed by atoms with E-state index in [4.69, 9.17) is 9.47 Å². The molecule has 0 radical (unpaired) electrons. The van der Waals surface area contributed by atoms with Crippen LogP contribution in [-0.4, -0.2) is 37.1 Å². The molecular weight excluding hydrogens is 290 g/mol. The first-order chi connectivity index (χ1) is 11.3. The zero-order valence-electron chi connectivity index (χ0n) is 13.1. The molecule has 0 aliphatic carbocycles. The quantitative estimate of drug-likeness (QED) is 0.768. The molecule has 2 aromatic carbocycles. The van der Waals surface area contributed by atoms with Crippen LogP contribution in [0.2, 0.25) is 0 Å². The summed E-state index contributed by atoms with van der Waals surface area (Å²) in [6, 6.07) is 17.0. The Bertz CT molecular complexity index is 636. The fourth-order valence-electron chi connectivity index (χ4n) is 2.69. The van der Waals surface area contributed by atoms with Crippen LogP contribution in [0.4, 0.5) is 0 Å². The Morgan fingerprint density at radius 3 is 2.30 bits per heavy atom. The molecule has 1 saturated heterocycles. The smallest absolute Gasteiger partial charge is 0.257 e. The van der Waals surface area contributed by atoms with E-state index in [1.807, 2.05) is 59.5 Å². The molecule has 1 fully saturated rings. The molecule has 1 heterocycles. The number of para-hydroxylation sites is 2. The SMILES string of the molecule is O=C(c1ccccc1OCCOc1ccccc1)N1CCCC1. The summed E-state index contributed by atoms with van der Waals surface area (Å²) in [6.07, 6.45) is 2.17. The number of carbonyl (C=O) groups is 1. The van der Waals surface area contributed by atoms with Gasteiger partial charge in [0.1, 0.15) is 24.7 Å². The minimum atomic E-state index is 0.0575. The lowest BCUT2D eigenvalue weighted by molar-refractivity contribution is 0.0787. The lowest BCUT2D eigenvalue weighted by Crippen LogP contribution is -2.28. The number of amides is 1. The molecule has 1 aliphatic heterocycles. The summed E-state index contributed by atoms with van der Waals surface area (Å²) in [5.74, 6) is 1.50. The summed E-state index contributed by atoms with van der Waals surface area (Å²) in [4.78, 5) is 14.4. The van der Waals surface area contributed by atoms with E-state index in [1.54, 1.807) is 0 Å². The first kappa shape index (κ1) is 15.4. The molecule has 4 heteroatoms. The third-order valence-electron chi connectivity index (χ3n) is 3.86. The molecule has 1 aliphatic rings. The lowest BCUT2D eigenvalue weighted by Gasteiger charge is -2.18. The van der Waals surface area contributed by atoms with Crippen LogP contribution < -0.4 is 9.47 Å². The van der Waals surface area contributed by atoms with Crippen LogP contribution in [0.5, 0.6) is 11.5 Å². The number of ether oxygens (including phenoxy) is 2. The van der Waals surface area contributed by atoms with Gasteiger partial charge in [0.2, 0.25) is 0 Å². The van der Waals surface area contributed by atoms with E-state index < -0.39 is 0 Å². The van der Waals surface area contributed by atoms with Crippen molar-refractivity contribution in [2.45, 2.75) is 12.8 Å². The zero-order valence-corrected chi connectivity index (χ0v) is 13.1. The van der Waals surface area contributed by atoms with Gasteiger partial charge in [0.15, 0.2) is 0 Å². The summed E-state index contributed by atoms with van der Waals surface area (Å²) >= 11 is 0. The average Bonchev–Trinajstić information content (AvgIpc) is 3.14. The molecule has 0 saturated carbocycles. The van der Waals surface area contributed by atoms with E-state index in [-0.39, 0.29) is 5.91 Å². The van der Waals surface area contributed by atoms with Crippen molar-refractivity contribution >= 4 is 5.91 Å². The van der Waals surface area contributed by atoms with Gasteiger partial charge in [-0.1, -0.05) is 30.3 Å². The average molecular weight is 311 g/mol. The molecule has 0 spiro atoms. The highest BCUT2D eigenvalue weighted by Crippen LogP contribution is 2.22. The second-order valence-electron chi connectivity index (χ2n) is 5.51. The Morgan fingerprint density at radius 2 is 1.52 bits per heavy atom. The first-order valence-electron chi connectivity index (χ1n) is 8.03. The lowest BCUT2D eigenvalue weighted by atomic mass is 10.2. The second-order valence-corrected chi connectivity index (χ2v) is 5.51. The fourth-order valence-corrected chi connectivity index (χ4v) is 2.69. The molecule has 0 atom stereocenters. The molecule has 4 nitrogen and oxygen atoms in total. The Kier molecular flexibility index (Phi) is 5.14.